The van der Waals surface area contributed by atoms with Crippen molar-refractivity contribution in [2.45, 2.75) is 19.3 Å². The van der Waals surface area contributed by atoms with E-state index in [2.05, 4.69) is 4.98 Å². The molecule has 5 heteroatoms. The van der Waals surface area contributed by atoms with Gasteiger partial charge in [0.2, 0.25) is 5.91 Å². The number of alkyl halides is 1. The van der Waals surface area contributed by atoms with Gasteiger partial charge in [0, 0.05) is 49.3 Å². The van der Waals surface area contributed by atoms with Crippen molar-refractivity contribution in [3.05, 3.63) is 30.1 Å². The number of aromatic nitrogens is 1. The van der Waals surface area contributed by atoms with Gasteiger partial charge >= 0.3 is 0 Å². The summed E-state index contributed by atoms with van der Waals surface area (Å²) in [6, 6.07) is 3.56. The highest BCUT2D eigenvalue weighted by Gasteiger charge is 2.27. The summed E-state index contributed by atoms with van der Waals surface area (Å²) < 4.78 is 0. The van der Waals surface area contributed by atoms with Crippen LogP contribution in [0.4, 0.5) is 0 Å². The Labute approximate surface area is 117 Å². The topological polar surface area (TPSA) is 50.3 Å². The van der Waals surface area contributed by atoms with Crippen LogP contribution < -0.4 is 0 Å². The fourth-order valence-electron chi connectivity index (χ4n) is 2.37. The van der Waals surface area contributed by atoms with Crippen molar-refractivity contribution < 1.29 is 9.59 Å². The van der Waals surface area contributed by atoms with E-state index < -0.39 is 0 Å². The predicted octanol–water partition coefficient (Wildman–Crippen LogP) is 2.13. The number of carbonyl (C=O) groups is 2. The third-order valence-electron chi connectivity index (χ3n) is 3.47. The van der Waals surface area contributed by atoms with Crippen LogP contribution in [0, 0.1) is 5.92 Å². The van der Waals surface area contributed by atoms with Gasteiger partial charge in [0.25, 0.3) is 0 Å². The van der Waals surface area contributed by atoms with Gasteiger partial charge in [0.15, 0.2) is 5.78 Å². The van der Waals surface area contributed by atoms with Crippen LogP contribution in [0.2, 0.25) is 0 Å². The lowest BCUT2D eigenvalue weighted by atomic mass is 9.89. The molecule has 0 unspecified atom stereocenters. The minimum atomic E-state index is 0.00394. The quantitative estimate of drug-likeness (QED) is 0.627. The van der Waals surface area contributed by atoms with Crippen LogP contribution in [0.25, 0.3) is 0 Å². The molecule has 1 aromatic heterocycles. The number of hydrogen-bond acceptors (Lipinski definition) is 3. The van der Waals surface area contributed by atoms with Crippen molar-refractivity contribution in [2.24, 2.45) is 5.92 Å². The van der Waals surface area contributed by atoms with Gasteiger partial charge < -0.3 is 4.90 Å². The molecular formula is C14H17ClN2O2. The van der Waals surface area contributed by atoms with Crippen molar-refractivity contribution in [2.75, 3.05) is 19.0 Å². The second-order valence-corrected chi connectivity index (χ2v) is 5.08. The molecular weight excluding hydrogens is 264 g/mol. The molecule has 0 N–H and O–H groups in total. The highest BCUT2D eigenvalue weighted by Crippen LogP contribution is 2.21. The minimum Gasteiger partial charge on any atom is -0.343 e. The fourth-order valence-corrected chi connectivity index (χ4v) is 2.54. The number of halogens is 1. The molecule has 2 heterocycles. The molecule has 1 saturated heterocycles. The summed E-state index contributed by atoms with van der Waals surface area (Å²) in [5.74, 6) is 0.581. The van der Waals surface area contributed by atoms with Crippen LogP contribution in [0.5, 0.6) is 0 Å². The first kappa shape index (κ1) is 14.0. The lowest BCUT2D eigenvalue weighted by Crippen LogP contribution is -2.40. The van der Waals surface area contributed by atoms with E-state index >= 15 is 0 Å². The second-order valence-electron chi connectivity index (χ2n) is 4.70. The molecule has 0 spiro atoms. The Bertz CT molecular complexity index is 442. The first-order valence-corrected chi connectivity index (χ1v) is 7.04. The fraction of sp³-hybridized carbons (Fsp3) is 0.500. The number of rotatable bonds is 4. The highest BCUT2D eigenvalue weighted by atomic mass is 35.5. The maximum Gasteiger partial charge on any atom is 0.223 e. The monoisotopic (exact) mass is 280 g/mol. The van der Waals surface area contributed by atoms with E-state index in [1.165, 1.54) is 0 Å². The number of pyridine rings is 1. The summed E-state index contributed by atoms with van der Waals surface area (Å²) in [5, 5.41) is 0. The number of amides is 1. The molecule has 1 fully saturated rings. The van der Waals surface area contributed by atoms with E-state index in [4.69, 9.17) is 11.6 Å². The van der Waals surface area contributed by atoms with Gasteiger partial charge in [-0.05, 0) is 25.0 Å². The van der Waals surface area contributed by atoms with Crippen molar-refractivity contribution in [3.63, 3.8) is 0 Å². The number of nitrogens with zero attached hydrogens (tertiary/aromatic N) is 2. The second kappa shape index (κ2) is 6.66. The molecule has 1 aliphatic heterocycles. The minimum absolute atomic E-state index is 0.00394. The molecule has 0 atom stereocenters. The summed E-state index contributed by atoms with van der Waals surface area (Å²) in [6.45, 7) is 1.29. The van der Waals surface area contributed by atoms with E-state index in [1.54, 1.807) is 29.4 Å². The average Bonchev–Trinajstić information content (AvgIpc) is 2.48. The van der Waals surface area contributed by atoms with Gasteiger partial charge in [-0.1, -0.05) is 0 Å². The van der Waals surface area contributed by atoms with Crippen LogP contribution in [0.15, 0.2) is 24.5 Å². The maximum absolute atomic E-state index is 12.2. The lowest BCUT2D eigenvalue weighted by molar-refractivity contribution is -0.132. The van der Waals surface area contributed by atoms with E-state index in [-0.39, 0.29) is 17.6 Å². The van der Waals surface area contributed by atoms with E-state index in [0.717, 1.165) is 12.8 Å². The molecule has 0 aromatic carbocycles. The van der Waals surface area contributed by atoms with Crippen molar-refractivity contribution in [1.82, 2.24) is 9.88 Å². The molecule has 19 heavy (non-hydrogen) atoms. The Kier molecular flexibility index (Phi) is 4.91. The summed E-state index contributed by atoms with van der Waals surface area (Å²) in [7, 11) is 0. The number of likely N-dealkylation sites (tertiary alicyclic amines) is 1. The molecule has 1 amide bonds. The van der Waals surface area contributed by atoms with Crippen LogP contribution in [-0.2, 0) is 4.79 Å². The van der Waals surface area contributed by atoms with Crippen LogP contribution in [-0.4, -0.2) is 40.5 Å². The molecule has 1 aliphatic rings. The van der Waals surface area contributed by atoms with Crippen molar-refractivity contribution in [3.8, 4) is 0 Å². The third kappa shape index (κ3) is 3.53. The Hall–Kier alpha value is -1.42. The van der Waals surface area contributed by atoms with Crippen LogP contribution in [0.1, 0.15) is 29.6 Å². The molecule has 0 radical (unpaired) electrons. The zero-order valence-corrected chi connectivity index (χ0v) is 11.5. The Morgan fingerprint density at radius 3 is 2.68 bits per heavy atom. The van der Waals surface area contributed by atoms with Crippen molar-refractivity contribution >= 4 is 23.3 Å². The first-order chi connectivity index (χ1) is 9.22. The van der Waals surface area contributed by atoms with Crippen LogP contribution in [0.3, 0.4) is 0 Å². The molecule has 0 bridgehead atoms. The van der Waals surface area contributed by atoms with Crippen molar-refractivity contribution in [1.29, 1.82) is 0 Å². The number of ketones is 1. The normalized spacial score (nSPS) is 16.4. The number of piperidine rings is 1. The number of hydrogen-bond donors (Lipinski definition) is 0. The SMILES string of the molecule is O=C(c1cccnc1)C1CCN(C(=O)CCCl)CC1. The number of Topliss-reactive ketones (excluding diaryl/α,β-unsaturated/α-hetero) is 1. The Balaban J connectivity index is 1.90. The smallest absolute Gasteiger partial charge is 0.223 e. The molecule has 102 valence electrons. The zero-order chi connectivity index (χ0) is 13.7. The van der Waals surface area contributed by atoms with Gasteiger partial charge in [0.1, 0.15) is 0 Å². The van der Waals surface area contributed by atoms with E-state index in [1.807, 2.05) is 0 Å². The summed E-state index contributed by atoms with van der Waals surface area (Å²) in [6.07, 6.45) is 5.09. The molecule has 1 aromatic rings. The molecule has 0 saturated carbocycles. The van der Waals surface area contributed by atoms with E-state index in [9.17, 15) is 9.59 Å². The van der Waals surface area contributed by atoms with Gasteiger partial charge in [-0.3, -0.25) is 14.6 Å². The van der Waals surface area contributed by atoms with Gasteiger partial charge in [0.05, 0.1) is 0 Å². The largest absolute Gasteiger partial charge is 0.343 e. The average molecular weight is 281 g/mol. The summed E-state index contributed by atoms with van der Waals surface area (Å²) in [4.78, 5) is 29.7. The summed E-state index contributed by atoms with van der Waals surface area (Å²) >= 11 is 5.57. The number of carbonyl (C=O) groups excluding carboxylic acids is 2. The van der Waals surface area contributed by atoms with E-state index in [0.29, 0.717) is 31.0 Å². The third-order valence-corrected chi connectivity index (χ3v) is 3.66. The zero-order valence-electron chi connectivity index (χ0n) is 10.7. The Morgan fingerprint density at radius 2 is 2.11 bits per heavy atom. The standard InChI is InChI=1S/C14H17ClN2O2/c15-6-3-13(18)17-8-4-11(5-9-17)14(19)12-2-1-7-16-10-12/h1-2,7,10-11H,3-6,8-9H2. The first-order valence-electron chi connectivity index (χ1n) is 6.50. The predicted molar refractivity (Wildman–Crippen MR) is 73.2 cm³/mol. The van der Waals surface area contributed by atoms with Gasteiger partial charge in [-0.25, -0.2) is 0 Å². The Morgan fingerprint density at radius 1 is 1.37 bits per heavy atom. The van der Waals surface area contributed by atoms with Crippen LogP contribution >= 0.6 is 11.6 Å². The highest BCUT2D eigenvalue weighted by molar-refractivity contribution is 6.18. The molecule has 4 nitrogen and oxygen atoms in total. The summed E-state index contributed by atoms with van der Waals surface area (Å²) in [5.41, 5.74) is 0.660. The molecule has 0 aliphatic carbocycles. The van der Waals surface area contributed by atoms with Gasteiger partial charge in [-0.2, -0.15) is 0 Å². The lowest BCUT2D eigenvalue weighted by Gasteiger charge is -2.31. The van der Waals surface area contributed by atoms with Gasteiger partial charge in [-0.15, -0.1) is 11.6 Å². The maximum atomic E-state index is 12.2. The molecule has 2 rings (SSSR count).